The average Bonchev–Trinajstić information content (AvgIpc) is 3.15. The molecule has 1 saturated heterocycles. The third-order valence-electron chi connectivity index (χ3n) is 5.82. The van der Waals surface area contributed by atoms with E-state index in [9.17, 15) is 4.21 Å². The lowest BCUT2D eigenvalue weighted by Crippen LogP contribution is -2.50. The molecule has 3 aromatic rings. The summed E-state index contributed by atoms with van der Waals surface area (Å²) in [6, 6.07) is 30.2. The average molecular weight is 451 g/mol. The molecule has 0 bridgehead atoms. The second kappa shape index (κ2) is 11.5. The van der Waals surface area contributed by atoms with Crippen LogP contribution in [0.2, 0.25) is 0 Å². The van der Waals surface area contributed by atoms with Gasteiger partial charge in [0.2, 0.25) is 0 Å². The van der Waals surface area contributed by atoms with Crippen LogP contribution in [0.5, 0.6) is 0 Å². The highest BCUT2D eigenvalue weighted by Gasteiger charge is 2.50. The topological polar surface area (TPSA) is 44.8 Å². The molecule has 0 aliphatic carbocycles. The third kappa shape index (κ3) is 5.93. The van der Waals surface area contributed by atoms with Gasteiger partial charge in [-0.3, -0.25) is 4.21 Å². The number of hydrogen-bond acceptors (Lipinski definition) is 4. The van der Waals surface area contributed by atoms with E-state index < -0.39 is 15.5 Å². The molecule has 1 aliphatic heterocycles. The maximum Gasteiger partial charge on any atom is 0.118 e. The van der Waals surface area contributed by atoms with Crippen molar-refractivity contribution < 1.29 is 18.4 Å². The zero-order valence-electron chi connectivity index (χ0n) is 18.2. The summed E-state index contributed by atoms with van der Waals surface area (Å²) in [4.78, 5) is 0. The zero-order valence-corrected chi connectivity index (χ0v) is 19.0. The van der Waals surface area contributed by atoms with Crippen molar-refractivity contribution in [3.63, 3.8) is 0 Å². The van der Waals surface area contributed by atoms with E-state index in [1.165, 1.54) is 0 Å². The van der Waals surface area contributed by atoms with Gasteiger partial charge in [0.15, 0.2) is 0 Å². The maximum absolute atomic E-state index is 13.3. The van der Waals surface area contributed by atoms with Crippen LogP contribution < -0.4 is 0 Å². The van der Waals surface area contributed by atoms with Crippen molar-refractivity contribution in [3.8, 4) is 0 Å². The molecule has 1 unspecified atom stereocenters. The standard InChI is InChI=1S/C27H30O4S/c28-32-17-16-26(31-20-25-14-8-3-9-15-25)27(32,21-29-18-23-10-4-1-5-11-23)22-30-19-24-12-6-2-7-13-24/h1-15,26H,16-22H2/t26-,32?/m0/s1. The first-order valence-corrected chi connectivity index (χ1v) is 12.4. The van der Waals surface area contributed by atoms with Gasteiger partial charge in [-0.2, -0.15) is 0 Å². The van der Waals surface area contributed by atoms with E-state index in [1.54, 1.807) is 0 Å². The molecule has 1 heterocycles. The fourth-order valence-electron chi connectivity index (χ4n) is 4.02. The van der Waals surface area contributed by atoms with Crippen LogP contribution in [0, 0.1) is 0 Å². The van der Waals surface area contributed by atoms with Crippen LogP contribution in [0.4, 0.5) is 0 Å². The van der Waals surface area contributed by atoms with Crippen molar-refractivity contribution in [1.29, 1.82) is 0 Å². The summed E-state index contributed by atoms with van der Waals surface area (Å²) in [5, 5.41) is 0. The second-order valence-corrected chi connectivity index (χ2v) is 10.1. The Morgan fingerprint density at radius 1 is 0.688 bits per heavy atom. The summed E-state index contributed by atoms with van der Waals surface area (Å²) in [6.07, 6.45) is 0.554. The molecule has 0 saturated carbocycles. The van der Waals surface area contributed by atoms with E-state index in [0.717, 1.165) is 23.1 Å². The Morgan fingerprint density at radius 3 is 1.59 bits per heavy atom. The lowest BCUT2D eigenvalue weighted by atomic mass is 10.0. The van der Waals surface area contributed by atoms with Crippen molar-refractivity contribution in [3.05, 3.63) is 108 Å². The molecule has 4 rings (SSSR count). The van der Waals surface area contributed by atoms with Gasteiger partial charge in [0.05, 0.1) is 39.1 Å². The first kappa shape index (κ1) is 22.9. The first-order valence-electron chi connectivity index (χ1n) is 11.0. The molecular formula is C27H30O4S. The molecule has 32 heavy (non-hydrogen) atoms. The van der Waals surface area contributed by atoms with Crippen LogP contribution in [0.15, 0.2) is 91.0 Å². The van der Waals surface area contributed by atoms with Crippen LogP contribution in [-0.4, -0.2) is 34.0 Å². The molecule has 1 fully saturated rings. The quantitative estimate of drug-likeness (QED) is 0.417. The molecule has 5 heteroatoms. The molecule has 4 nitrogen and oxygen atoms in total. The van der Waals surface area contributed by atoms with Crippen molar-refractivity contribution in [2.75, 3.05) is 19.0 Å². The highest BCUT2D eigenvalue weighted by molar-refractivity contribution is 7.86. The molecule has 0 N–H and O–H groups in total. The lowest BCUT2D eigenvalue weighted by molar-refractivity contribution is -0.0459. The number of rotatable bonds is 11. The lowest BCUT2D eigenvalue weighted by Gasteiger charge is -2.33. The molecule has 0 aromatic heterocycles. The minimum absolute atomic E-state index is 0.185. The Labute approximate surface area is 193 Å². The summed E-state index contributed by atoms with van der Waals surface area (Å²) < 4.78 is 31.1. The Balaban J connectivity index is 1.45. The van der Waals surface area contributed by atoms with Crippen molar-refractivity contribution >= 4 is 10.8 Å². The van der Waals surface area contributed by atoms with Gasteiger partial charge in [-0.05, 0) is 23.1 Å². The van der Waals surface area contributed by atoms with Crippen molar-refractivity contribution in [1.82, 2.24) is 0 Å². The third-order valence-corrected chi connectivity index (χ3v) is 7.83. The summed E-state index contributed by atoms with van der Waals surface area (Å²) >= 11 is 0. The van der Waals surface area contributed by atoms with E-state index >= 15 is 0 Å². The number of benzene rings is 3. The molecule has 3 aromatic carbocycles. The molecule has 2 atom stereocenters. The second-order valence-electron chi connectivity index (χ2n) is 8.15. The van der Waals surface area contributed by atoms with E-state index in [1.807, 2.05) is 91.0 Å². The van der Waals surface area contributed by atoms with Gasteiger partial charge in [-0.1, -0.05) is 91.0 Å². The largest absolute Gasteiger partial charge is 0.375 e. The minimum Gasteiger partial charge on any atom is -0.375 e. The van der Waals surface area contributed by atoms with E-state index in [0.29, 0.717) is 38.8 Å². The van der Waals surface area contributed by atoms with Gasteiger partial charge in [0.25, 0.3) is 0 Å². The van der Waals surface area contributed by atoms with Gasteiger partial charge in [0, 0.05) is 16.6 Å². The van der Waals surface area contributed by atoms with E-state index in [2.05, 4.69) is 0 Å². The van der Waals surface area contributed by atoms with Gasteiger partial charge < -0.3 is 14.2 Å². The van der Waals surface area contributed by atoms with Crippen molar-refractivity contribution in [2.24, 2.45) is 0 Å². The minimum atomic E-state index is -1.10. The van der Waals surface area contributed by atoms with Gasteiger partial charge in [0.1, 0.15) is 4.75 Å². The predicted molar refractivity (Wildman–Crippen MR) is 128 cm³/mol. The van der Waals surface area contributed by atoms with E-state index in [4.69, 9.17) is 14.2 Å². The van der Waals surface area contributed by atoms with Crippen LogP contribution in [0.25, 0.3) is 0 Å². The normalized spacial score (nSPS) is 19.8. The number of ether oxygens (including phenoxy) is 3. The summed E-state index contributed by atoms with van der Waals surface area (Å²) in [5.41, 5.74) is 3.30. The predicted octanol–water partition coefficient (Wildman–Crippen LogP) is 4.90. The van der Waals surface area contributed by atoms with Crippen LogP contribution in [0.3, 0.4) is 0 Å². The molecule has 0 spiro atoms. The van der Waals surface area contributed by atoms with Crippen LogP contribution in [0.1, 0.15) is 23.1 Å². The molecule has 1 aliphatic rings. The van der Waals surface area contributed by atoms with Crippen LogP contribution >= 0.6 is 0 Å². The fraction of sp³-hybridized carbons (Fsp3) is 0.333. The molecular weight excluding hydrogens is 420 g/mol. The summed E-state index contributed by atoms with van der Waals surface area (Å²) in [5.74, 6) is 0.600. The SMILES string of the molecule is O=S1CC[C@H](OCc2ccccc2)C1(COCc1ccccc1)COCc1ccccc1. The van der Waals surface area contributed by atoms with Crippen LogP contribution in [-0.2, 0) is 44.8 Å². The zero-order chi connectivity index (χ0) is 22.1. The molecule has 0 amide bonds. The molecule has 0 radical (unpaired) electrons. The Hall–Kier alpha value is -2.31. The van der Waals surface area contributed by atoms with Gasteiger partial charge >= 0.3 is 0 Å². The van der Waals surface area contributed by atoms with E-state index in [-0.39, 0.29) is 6.10 Å². The molecule has 168 valence electrons. The smallest absolute Gasteiger partial charge is 0.118 e. The fourth-order valence-corrected chi connectivity index (χ4v) is 5.77. The van der Waals surface area contributed by atoms with Gasteiger partial charge in [-0.25, -0.2) is 0 Å². The monoisotopic (exact) mass is 450 g/mol. The first-order chi connectivity index (χ1) is 15.8. The Bertz CT molecular complexity index is 917. The highest BCUT2D eigenvalue weighted by atomic mass is 32.2. The van der Waals surface area contributed by atoms with Crippen molar-refractivity contribution in [2.45, 2.75) is 37.1 Å². The highest BCUT2D eigenvalue weighted by Crippen LogP contribution is 2.34. The Kier molecular flexibility index (Phi) is 8.24. The Morgan fingerprint density at radius 2 is 1.12 bits per heavy atom. The number of hydrogen-bond donors (Lipinski definition) is 0. The summed E-state index contributed by atoms with van der Waals surface area (Å²) in [6.45, 7) is 2.11. The summed E-state index contributed by atoms with van der Waals surface area (Å²) in [7, 11) is -1.10. The van der Waals surface area contributed by atoms with Gasteiger partial charge in [-0.15, -0.1) is 0 Å². The maximum atomic E-state index is 13.3.